The van der Waals surface area contributed by atoms with E-state index in [0.29, 0.717) is 37.9 Å². The third-order valence-electron chi connectivity index (χ3n) is 13.4. The molecule has 2 saturated heterocycles. The number of rotatable bonds is 42. The lowest BCUT2D eigenvalue weighted by Gasteiger charge is -2.29. The van der Waals surface area contributed by atoms with Gasteiger partial charge in [0.25, 0.3) is 0 Å². The fourth-order valence-corrected chi connectivity index (χ4v) is 9.51. The number of nitrogens with zero attached hydrogens (tertiary/aromatic N) is 1. The van der Waals surface area contributed by atoms with Gasteiger partial charge in [0, 0.05) is 32.2 Å². The van der Waals surface area contributed by atoms with Crippen LogP contribution in [0, 0.1) is 11.8 Å². The maximum Gasteiger partial charge on any atom is 0.305 e. The number of esters is 2. The van der Waals surface area contributed by atoms with Crippen LogP contribution >= 0.6 is 0 Å². The van der Waals surface area contributed by atoms with Gasteiger partial charge < -0.3 is 23.8 Å². The molecule has 2 rings (SSSR count). The number of likely N-dealkylation sites (tertiary alicyclic amines) is 1. The summed E-state index contributed by atoms with van der Waals surface area (Å²) in [5.41, 5.74) is 0. The Kier molecular flexibility index (Phi) is 34.2. The van der Waals surface area contributed by atoms with Crippen molar-refractivity contribution in [2.45, 2.75) is 271 Å². The predicted molar refractivity (Wildman–Crippen MR) is 248 cm³/mol. The third kappa shape index (κ3) is 28.9. The molecule has 0 spiro atoms. The van der Waals surface area contributed by atoms with E-state index in [9.17, 15) is 9.59 Å². The Bertz CT molecular complexity index is 891. The molecule has 2 aliphatic rings. The first-order chi connectivity index (χ1) is 28.9. The molecule has 348 valence electrons. The zero-order valence-electron chi connectivity index (χ0n) is 39.8. The van der Waals surface area contributed by atoms with Crippen LogP contribution in [-0.4, -0.2) is 68.2 Å². The Hall–Kier alpha value is -1.18. The molecule has 0 aromatic rings. The highest BCUT2D eigenvalue weighted by Gasteiger charge is 2.41. The molecular weight excluding hydrogens is 735 g/mol. The predicted octanol–water partition coefficient (Wildman–Crippen LogP) is 14.9. The van der Waals surface area contributed by atoms with Crippen molar-refractivity contribution in [1.82, 2.24) is 4.90 Å². The van der Waals surface area contributed by atoms with E-state index < -0.39 is 5.79 Å². The molecule has 0 saturated carbocycles. The van der Waals surface area contributed by atoms with Crippen LogP contribution in [-0.2, 0) is 28.5 Å². The summed E-state index contributed by atoms with van der Waals surface area (Å²) in [6.07, 6.45) is 42.1. The Morgan fingerprint density at radius 1 is 0.525 bits per heavy atom. The topological polar surface area (TPSA) is 74.3 Å². The van der Waals surface area contributed by atoms with Crippen molar-refractivity contribution in [3.63, 3.8) is 0 Å². The van der Waals surface area contributed by atoms with Gasteiger partial charge in [0.1, 0.15) is 0 Å². The Morgan fingerprint density at radius 2 is 0.915 bits per heavy atom. The number of hydrogen-bond acceptors (Lipinski definition) is 7. The summed E-state index contributed by atoms with van der Waals surface area (Å²) < 4.78 is 24.7. The molecule has 0 aromatic carbocycles. The maximum atomic E-state index is 12.4. The summed E-state index contributed by atoms with van der Waals surface area (Å²) in [4.78, 5) is 27.4. The van der Waals surface area contributed by atoms with Gasteiger partial charge in [0.05, 0.1) is 25.9 Å². The van der Waals surface area contributed by atoms with Gasteiger partial charge in [-0.05, 0) is 76.3 Å². The van der Waals surface area contributed by atoms with E-state index in [4.69, 9.17) is 18.9 Å². The van der Waals surface area contributed by atoms with E-state index in [-0.39, 0.29) is 18.0 Å². The Balaban J connectivity index is 1.59. The first-order valence-electron chi connectivity index (χ1n) is 26.3. The van der Waals surface area contributed by atoms with E-state index in [1.807, 2.05) is 0 Å². The molecule has 2 aliphatic heterocycles. The maximum absolute atomic E-state index is 12.4. The van der Waals surface area contributed by atoms with Crippen LogP contribution in [0.15, 0.2) is 0 Å². The minimum absolute atomic E-state index is 0.00314. The van der Waals surface area contributed by atoms with Crippen LogP contribution in [0.4, 0.5) is 0 Å². The van der Waals surface area contributed by atoms with Gasteiger partial charge in [-0.15, -0.1) is 0 Å². The zero-order valence-corrected chi connectivity index (χ0v) is 39.8. The molecule has 7 nitrogen and oxygen atoms in total. The average Bonchev–Trinajstić information content (AvgIpc) is 3.90. The number of hydrogen-bond donors (Lipinski definition) is 0. The number of ether oxygens (including phenoxy) is 4. The van der Waals surface area contributed by atoms with Gasteiger partial charge in [-0.3, -0.25) is 9.59 Å². The standard InChI is InChI=1S/C52H99NO6/c1-5-9-21-31-47(32-22-10-6-2)37-43-56-50(54)35-25-17-13-15-19-27-39-52(58-46-49(59-52)45-53-41-29-30-42-53)40-28-20-16-14-18-26-36-51(55)57-44-38-48(33-23-11-7-3)34-24-12-8-4/h47-49H,5-46H2,1-4H3. The van der Waals surface area contributed by atoms with E-state index in [2.05, 4.69) is 32.6 Å². The number of carbonyl (C=O) groups is 2. The van der Waals surface area contributed by atoms with Crippen molar-refractivity contribution in [2.24, 2.45) is 11.8 Å². The van der Waals surface area contributed by atoms with Crippen LogP contribution in [0.1, 0.15) is 259 Å². The lowest BCUT2D eigenvalue weighted by Crippen LogP contribution is -2.35. The highest BCUT2D eigenvalue weighted by Crippen LogP contribution is 2.35. The largest absolute Gasteiger partial charge is 0.466 e. The molecule has 2 fully saturated rings. The van der Waals surface area contributed by atoms with Crippen molar-refractivity contribution in [1.29, 1.82) is 0 Å². The Morgan fingerprint density at radius 3 is 1.32 bits per heavy atom. The minimum Gasteiger partial charge on any atom is -0.466 e. The van der Waals surface area contributed by atoms with E-state index >= 15 is 0 Å². The molecule has 2 heterocycles. The van der Waals surface area contributed by atoms with Gasteiger partial charge in [-0.1, -0.05) is 182 Å². The van der Waals surface area contributed by atoms with Crippen molar-refractivity contribution >= 4 is 11.9 Å². The lowest BCUT2D eigenvalue weighted by molar-refractivity contribution is -0.180. The molecule has 1 atom stereocenters. The molecule has 0 radical (unpaired) electrons. The fraction of sp³-hybridized carbons (Fsp3) is 0.962. The van der Waals surface area contributed by atoms with Crippen molar-refractivity contribution in [2.75, 3.05) is 39.5 Å². The minimum atomic E-state index is -0.423. The second-order valence-corrected chi connectivity index (χ2v) is 18.9. The molecule has 0 amide bonds. The highest BCUT2D eigenvalue weighted by molar-refractivity contribution is 5.69. The molecular formula is C52H99NO6. The van der Waals surface area contributed by atoms with Crippen molar-refractivity contribution in [3.8, 4) is 0 Å². The molecule has 0 N–H and O–H groups in total. The molecule has 59 heavy (non-hydrogen) atoms. The van der Waals surface area contributed by atoms with Gasteiger partial charge in [-0.2, -0.15) is 0 Å². The summed E-state index contributed by atoms with van der Waals surface area (Å²) in [6, 6.07) is 0. The normalized spacial score (nSPS) is 16.8. The molecule has 0 bridgehead atoms. The summed E-state index contributed by atoms with van der Waals surface area (Å²) >= 11 is 0. The van der Waals surface area contributed by atoms with E-state index in [0.717, 1.165) is 77.4 Å². The van der Waals surface area contributed by atoms with Crippen LogP contribution in [0.2, 0.25) is 0 Å². The molecule has 0 aliphatic carbocycles. The van der Waals surface area contributed by atoms with Crippen LogP contribution in [0.5, 0.6) is 0 Å². The summed E-state index contributed by atoms with van der Waals surface area (Å²) in [6.45, 7) is 14.4. The monoisotopic (exact) mass is 834 g/mol. The van der Waals surface area contributed by atoms with Crippen LogP contribution in [0.3, 0.4) is 0 Å². The van der Waals surface area contributed by atoms with Crippen molar-refractivity contribution in [3.05, 3.63) is 0 Å². The van der Waals surface area contributed by atoms with E-state index in [1.54, 1.807) is 0 Å². The average molecular weight is 834 g/mol. The van der Waals surface area contributed by atoms with Crippen molar-refractivity contribution < 1.29 is 28.5 Å². The quantitative estimate of drug-likeness (QED) is 0.0448. The first kappa shape index (κ1) is 54.0. The smallest absolute Gasteiger partial charge is 0.305 e. The third-order valence-corrected chi connectivity index (χ3v) is 13.4. The molecule has 7 heteroatoms. The molecule has 1 unspecified atom stereocenters. The van der Waals surface area contributed by atoms with Gasteiger partial charge in [-0.25, -0.2) is 0 Å². The SMILES string of the molecule is CCCCCC(CCCCC)CCOC(=O)CCCCCCCCC1(CCCCCCCCC(=O)OCCC(CCCCC)CCCCC)OCC(CN2CCCC2)O1. The lowest BCUT2D eigenvalue weighted by atomic mass is 9.92. The second kappa shape index (κ2) is 37.4. The fourth-order valence-electron chi connectivity index (χ4n) is 9.51. The van der Waals surface area contributed by atoms with Crippen LogP contribution in [0.25, 0.3) is 0 Å². The summed E-state index contributed by atoms with van der Waals surface area (Å²) in [5.74, 6) is 0.995. The number of unbranched alkanes of at least 4 members (excludes halogenated alkanes) is 18. The number of carbonyl (C=O) groups excluding carboxylic acids is 2. The van der Waals surface area contributed by atoms with E-state index in [1.165, 1.54) is 167 Å². The molecule has 0 aromatic heterocycles. The first-order valence-corrected chi connectivity index (χ1v) is 26.3. The van der Waals surface area contributed by atoms with Gasteiger partial charge in [0.2, 0.25) is 0 Å². The second-order valence-electron chi connectivity index (χ2n) is 18.9. The van der Waals surface area contributed by atoms with Crippen LogP contribution < -0.4 is 0 Å². The van der Waals surface area contributed by atoms with Gasteiger partial charge in [0.15, 0.2) is 5.79 Å². The summed E-state index contributed by atoms with van der Waals surface area (Å²) in [5, 5.41) is 0. The zero-order chi connectivity index (χ0) is 42.5. The summed E-state index contributed by atoms with van der Waals surface area (Å²) in [7, 11) is 0. The van der Waals surface area contributed by atoms with Gasteiger partial charge >= 0.3 is 11.9 Å². The highest BCUT2D eigenvalue weighted by atomic mass is 16.7. The Labute approximate surface area is 366 Å².